The van der Waals surface area contributed by atoms with Gasteiger partial charge in [-0.1, -0.05) is 12.1 Å². The quantitative estimate of drug-likeness (QED) is 0.780. The van der Waals surface area contributed by atoms with E-state index in [9.17, 15) is 4.79 Å². The largest absolute Gasteiger partial charge is 0.361 e. The third-order valence-corrected chi connectivity index (χ3v) is 3.51. The van der Waals surface area contributed by atoms with E-state index in [2.05, 4.69) is 11.1 Å². The molecule has 102 valence electrons. The highest BCUT2D eigenvalue weighted by Crippen LogP contribution is 2.21. The normalized spacial score (nSPS) is 10.3. The molecule has 0 radical (unpaired) electrons. The van der Waals surface area contributed by atoms with Crippen molar-refractivity contribution in [3.8, 4) is 6.07 Å². The summed E-state index contributed by atoms with van der Waals surface area (Å²) in [7, 11) is 1.73. The molecule has 0 aliphatic carbocycles. The van der Waals surface area contributed by atoms with Crippen molar-refractivity contribution in [1.82, 2.24) is 4.98 Å². The number of amides is 1. The Morgan fingerprint density at radius 1 is 1.14 bits per heavy atom. The molecule has 2 aromatic carbocycles. The third kappa shape index (κ3) is 2.26. The Bertz CT molecular complexity index is 840. The molecule has 0 aliphatic heterocycles. The van der Waals surface area contributed by atoms with E-state index < -0.39 is 0 Å². The number of H-pyrrole nitrogens is 1. The van der Waals surface area contributed by atoms with Crippen molar-refractivity contribution in [2.24, 2.45) is 0 Å². The zero-order chi connectivity index (χ0) is 14.8. The number of para-hydroxylation sites is 1. The van der Waals surface area contributed by atoms with E-state index in [0.717, 1.165) is 16.6 Å². The summed E-state index contributed by atoms with van der Waals surface area (Å²) < 4.78 is 0. The maximum Gasteiger partial charge on any atom is 0.260 e. The number of benzene rings is 2. The number of carbonyl (C=O) groups is 1. The van der Waals surface area contributed by atoms with Crippen LogP contribution < -0.4 is 4.90 Å². The number of aromatic nitrogens is 1. The van der Waals surface area contributed by atoms with Gasteiger partial charge in [0, 0.05) is 24.3 Å². The molecule has 0 spiro atoms. The van der Waals surface area contributed by atoms with Gasteiger partial charge in [0.05, 0.1) is 22.7 Å². The molecule has 3 rings (SSSR count). The zero-order valence-corrected chi connectivity index (χ0v) is 11.5. The first-order chi connectivity index (χ1) is 10.2. The lowest BCUT2D eigenvalue weighted by Crippen LogP contribution is -2.26. The van der Waals surface area contributed by atoms with Crippen LogP contribution >= 0.6 is 0 Å². The van der Waals surface area contributed by atoms with Crippen LogP contribution in [0.15, 0.2) is 54.7 Å². The van der Waals surface area contributed by atoms with Gasteiger partial charge < -0.3 is 9.88 Å². The molecule has 1 heterocycles. The average Bonchev–Trinajstić information content (AvgIpc) is 3.02. The molecule has 1 aromatic heterocycles. The molecule has 0 aliphatic rings. The van der Waals surface area contributed by atoms with Crippen LogP contribution in [-0.2, 0) is 0 Å². The van der Waals surface area contributed by atoms with Crippen molar-refractivity contribution in [3.63, 3.8) is 0 Å². The maximum absolute atomic E-state index is 12.7. The Morgan fingerprint density at radius 2 is 1.90 bits per heavy atom. The van der Waals surface area contributed by atoms with Gasteiger partial charge in [-0.05, 0) is 36.4 Å². The fourth-order valence-corrected chi connectivity index (χ4v) is 2.32. The van der Waals surface area contributed by atoms with Gasteiger partial charge >= 0.3 is 0 Å². The zero-order valence-electron chi connectivity index (χ0n) is 11.5. The first-order valence-corrected chi connectivity index (χ1v) is 6.55. The first-order valence-electron chi connectivity index (χ1n) is 6.55. The van der Waals surface area contributed by atoms with E-state index in [1.54, 1.807) is 42.3 Å². The Labute approximate surface area is 122 Å². The molecular formula is C17H13N3O. The van der Waals surface area contributed by atoms with E-state index >= 15 is 0 Å². The summed E-state index contributed by atoms with van der Waals surface area (Å²) in [4.78, 5) is 17.3. The molecule has 0 unspecified atom stereocenters. The van der Waals surface area contributed by atoms with E-state index in [1.807, 2.05) is 24.4 Å². The molecule has 1 N–H and O–H groups in total. The van der Waals surface area contributed by atoms with Crippen LogP contribution in [-0.4, -0.2) is 17.9 Å². The first kappa shape index (κ1) is 12.9. The number of anilines is 1. The number of hydrogen-bond donors (Lipinski definition) is 1. The fourth-order valence-electron chi connectivity index (χ4n) is 2.32. The summed E-state index contributed by atoms with van der Waals surface area (Å²) in [6.45, 7) is 0. The molecule has 0 saturated heterocycles. The lowest BCUT2D eigenvalue weighted by atomic mass is 10.1. The number of nitrogens with one attached hydrogen (secondary N) is 1. The number of nitriles is 1. The van der Waals surface area contributed by atoms with Crippen LogP contribution in [0.4, 0.5) is 5.69 Å². The van der Waals surface area contributed by atoms with Crippen molar-refractivity contribution in [1.29, 1.82) is 5.26 Å². The number of carbonyl (C=O) groups excluding carboxylic acids is 1. The molecule has 0 bridgehead atoms. The smallest absolute Gasteiger partial charge is 0.260 e. The van der Waals surface area contributed by atoms with Crippen LogP contribution in [0.25, 0.3) is 10.9 Å². The van der Waals surface area contributed by atoms with E-state index in [1.165, 1.54) is 0 Å². The van der Waals surface area contributed by atoms with E-state index in [4.69, 9.17) is 5.26 Å². The van der Waals surface area contributed by atoms with Crippen molar-refractivity contribution in [2.75, 3.05) is 11.9 Å². The van der Waals surface area contributed by atoms with Crippen LogP contribution in [0.5, 0.6) is 0 Å². The third-order valence-electron chi connectivity index (χ3n) is 3.51. The number of aromatic amines is 1. The van der Waals surface area contributed by atoms with Crippen molar-refractivity contribution in [3.05, 3.63) is 65.9 Å². The van der Waals surface area contributed by atoms with Gasteiger partial charge in [-0.2, -0.15) is 5.26 Å². The lowest BCUT2D eigenvalue weighted by molar-refractivity contribution is 0.0994. The van der Waals surface area contributed by atoms with Crippen molar-refractivity contribution < 1.29 is 4.79 Å². The second kappa shape index (κ2) is 5.14. The van der Waals surface area contributed by atoms with Gasteiger partial charge in [0.25, 0.3) is 5.91 Å². The molecule has 4 heteroatoms. The minimum atomic E-state index is -0.0900. The van der Waals surface area contributed by atoms with Crippen molar-refractivity contribution >= 4 is 22.5 Å². The second-order valence-electron chi connectivity index (χ2n) is 4.77. The Hall–Kier alpha value is -3.06. The summed E-state index contributed by atoms with van der Waals surface area (Å²) in [5.41, 5.74) is 2.79. The highest BCUT2D eigenvalue weighted by atomic mass is 16.2. The monoisotopic (exact) mass is 275 g/mol. The Balaban J connectivity index is 1.97. The minimum absolute atomic E-state index is 0.0900. The van der Waals surface area contributed by atoms with E-state index in [0.29, 0.717) is 11.1 Å². The summed E-state index contributed by atoms with van der Waals surface area (Å²) in [6, 6.07) is 16.6. The van der Waals surface area contributed by atoms with Crippen molar-refractivity contribution in [2.45, 2.75) is 0 Å². The molecule has 3 aromatic rings. The minimum Gasteiger partial charge on any atom is -0.361 e. The van der Waals surface area contributed by atoms with Crippen LogP contribution in [0, 0.1) is 11.3 Å². The highest BCUT2D eigenvalue weighted by molar-refractivity contribution is 6.12. The highest BCUT2D eigenvalue weighted by Gasteiger charge is 2.16. The van der Waals surface area contributed by atoms with Gasteiger partial charge in [-0.3, -0.25) is 4.79 Å². The molecule has 0 saturated carbocycles. The number of fused-ring (bicyclic) bond motifs is 1. The lowest BCUT2D eigenvalue weighted by Gasteiger charge is -2.17. The van der Waals surface area contributed by atoms with Crippen LogP contribution in [0.3, 0.4) is 0 Å². The summed E-state index contributed by atoms with van der Waals surface area (Å²) in [5.74, 6) is -0.0900. The molecule has 1 amide bonds. The predicted molar refractivity (Wildman–Crippen MR) is 82.2 cm³/mol. The maximum atomic E-state index is 12.7. The molecule has 4 nitrogen and oxygen atoms in total. The number of rotatable bonds is 2. The predicted octanol–water partition coefficient (Wildman–Crippen LogP) is 3.32. The molecule has 0 fully saturated rings. The number of hydrogen-bond acceptors (Lipinski definition) is 2. The Morgan fingerprint density at radius 3 is 2.62 bits per heavy atom. The van der Waals surface area contributed by atoms with Gasteiger partial charge in [-0.15, -0.1) is 0 Å². The topological polar surface area (TPSA) is 59.9 Å². The summed E-state index contributed by atoms with van der Waals surface area (Å²) in [6.07, 6.45) is 1.82. The Kier molecular flexibility index (Phi) is 3.17. The van der Waals surface area contributed by atoms with Gasteiger partial charge in [-0.25, -0.2) is 0 Å². The molecular weight excluding hydrogens is 262 g/mol. The standard InChI is InChI=1S/C17H13N3O/c1-20(14-7-5-12(11-18)6-8-14)17(21)15-4-2-3-13-9-10-19-16(13)15/h2-10,19H,1H3. The second-order valence-corrected chi connectivity index (χ2v) is 4.77. The van der Waals surface area contributed by atoms with Gasteiger partial charge in [0.2, 0.25) is 0 Å². The van der Waals surface area contributed by atoms with Crippen LogP contribution in [0.2, 0.25) is 0 Å². The molecule has 0 atom stereocenters. The van der Waals surface area contributed by atoms with Gasteiger partial charge in [0.1, 0.15) is 0 Å². The van der Waals surface area contributed by atoms with Gasteiger partial charge in [0.15, 0.2) is 0 Å². The summed E-state index contributed by atoms with van der Waals surface area (Å²) >= 11 is 0. The SMILES string of the molecule is CN(C(=O)c1cccc2cc[nH]c12)c1ccc(C#N)cc1. The fraction of sp³-hybridized carbons (Fsp3) is 0.0588. The van der Waals surface area contributed by atoms with E-state index in [-0.39, 0.29) is 5.91 Å². The average molecular weight is 275 g/mol. The molecule has 21 heavy (non-hydrogen) atoms. The number of nitrogens with zero attached hydrogens (tertiary/aromatic N) is 2. The summed E-state index contributed by atoms with van der Waals surface area (Å²) in [5, 5.41) is 9.82. The van der Waals surface area contributed by atoms with Crippen LogP contribution in [0.1, 0.15) is 15.9 Å².